The Balaban J connectivity index is 0.00000288. The number of aliphatic imine (C=N–C) groups is 1. The van der Waals surface area contributed by atoms with E-state index in [2.05, 4.69) is 34.0 Å². The fourth-order valence-corrected chi connectivity index (χ4v) is 3.34. The molecule has 0 radical (unpaired) electrons. The zero-order valence-electron chi connectivity index (χ0n) is 15.4. The second kappa shape index (κ2) is 12.3. The van der Waals surface area contributed by atoms with E-state index in [0.29, 0.717) is 17.9 Å². The maximum atomic E-state index is 6.00. The molecule has 0 saturated carbocycles. The highest BCUT2D eigenvalue weighted by Crippen LogP contribution is 2.18. The highest BCUT2D eigenvalue weighted by Gasteiger charge is 2.21. The van der Waals surface area contributed by atoms with Crippen LogP contribution in [0.5, 0.6) is 0 Å². The van der Waals surface area contributed by atoms with Crippen molar-refractivity contribution in [1.82, 2.24) is 15.1 Å². The number of hydrogen-bond acceptors (Lipinski definition) is 4. The molecule has 7 heteroatoms. The number of nitrogens with one attached hydrogen (secondary N) is 1. The first-order valence-electron chi connectivity index (χ1n) is 9.23. The zero-order chi connectivity index (χ0) is 16.5. The summed E-state index contributed by atoms with van der Waals surface area (Å²) in [6.45, 7) is 13.6. The van der Waals surface area contributed by atoms with Crippen molar-refractivity contribution in [1.29, 1.82) is 0 Å². The lowest BCUT2D eigenvalue weighted by Crippen LogP contribution is -2.41. The Hall–Kier alpha value is -0.120. The second-order valence-corrected chi connectivity index (χ2v) is 7.06. The molecular formula is C17H36IN5O. The molecule has 1 unspecified atom stereocenters. The average Bonchev–Trinajstić information content (AvgIpc) is 2.58. The van der Waals surface area contributed by atoms with Gasteiger partial charge in [0.1, 0.15) is 0 Å². The van der Waals surface area contributed by atoms with E-state index in [9.17, 15) is 0 Å². The predicted molar refractivity (Wildman–Crippen MR) is 111 cm³/mol. The van der Waals surface area contributed by atoms with Gasteiger partial charge in [0, 0.05) is 38.8 Å². The van der Waals surface area contributed by atoms with Gasteiger partial charge in [-0.25, -0.2) is 0 Å². The topological polar surface area (TPSA) is 66.1 Å². The third-order valence-corrected chi connectivity index (χ3v) is 4.86. The molecule has 2 saturated heterocycles. The van der Waals surface area contributed by atoms with Crippen LogP contribution in [0.1, 0.15) is 33.1 Å². The molecule has 0 aromatic carbocycles. The molecule has 1 atom stereocenters. The number of hydrogen-bond donors (Lipinski definition) is 2. The van der Waals surface area contributed by atoms with Crippen LogP contribution in [0.4, 0.5) is 0 Å². The zero-order valence-corrected chi connectivity index (χ0v) is 17.7. The number of halogens is 1. The molecule has 0 aromatic rings. The first kappa shape index (κ1) is 21.9. The van der Waals surface area contributed by atoms with Crippen LogP contribution < -0.4 is 11.1 Å². The fourth-order valence-electron chi connectivity index (χ4n) is 3.34. The number of nitrogens with two attached hydrogens (primary N) is 1. The lowest BCUT2D eigenvalue weighted by atomic mass is 9.97. The van der Waals surface area contributed by atoms with Crippen LogP contribution in [0.15, 0.2) is 4.99 Å². The van der Waals surface area contributed by atoms with Crippen molar-refractivity contribution in [3.63, 3.8) is 0 Å². The molecule has 24 heavy (non-hydrogen) atoms. The van der Waals surface area contributed by atoms with Gasteiger partial charge < -0.3 is 20.7 Å². The van der Waals surface area contributed by atoms with Crippen molar-refractivity contribution in [3.05, 3.63) is 0 Å². The van der Waals surface area contributed by atoms with Crippen LogP contribution in [0.3, 0.4) is 0 Å². The Morgan fingerprint density at radius 1 is 1.29 bits per heavy atom. The lowest BCUT2D eigenvalue weighted by molar-refractivity contribution is 0.0376. The molecule has 2 heterocycles. The van der Waals surface area contributed by atoms with Crippen molar-refractivity contribution in [2.24, 2.45) is 16.6 Å². The van der Waals surface area contributed by atoms with E-state index in [1.54, 1.807) is 0 Å². The van der Waals surface area contributed by atoms with E-state index in [1.807, 2.05) is 0 Å². The van der Waals surface area contributed by atoms with Crippen molar-refractivity contribution < 1.29 is 4.74 Å². The number of morpholine rings is 1. The smallest absolute Gasteiger partial charge is 0.188 e. The van der Waals surface area contributed by atoms with Crippen molar-refractivity contribution in [3.8, 4) is 0 Å². The van der Waals surface area contributed by atoms with Crippen LogP contribution in [-0.4, -0.2) is 80.8 Å². The number of likely N-dealkylation sites (tertiary alicyclic amines) is 1. The summed E-state index contributed by atoms with van der Waals surface area (Å²) in [5.41, 5.74) is 6.00. The molecule has 0 bridgehead atoms. The van der Waals surface area contributed by atoms with E-state index in [1.165, 1.54) is 19.4 Å². The number of rotatable bonds is 7. The molecule has 0 aromatic heterocycles. The van der Waals surface area contributed by atoms with E-state index in [0.717, 1.165) is 58.9 Å². The van der Waals surface area contributed by atoms with Gasteiger partial charge in [0.15, 0.2) is 5.96 Å². The minimum atomic E-state index is 0. The maximum Gasteiger partial charge on any atom is 0.188 e. The molecule has 2 fully saturated rings. The van der Waals surface area contributed by atoms with Crippen LogP contribution in [-0.2, 0) is 4.74 Å². The number of guanidine groups is 1. The summed E-state index contributed by atoms with van der Waals surface area (Å²) < 4.78 is 5.36. The highest BCUT2D eigenvalue weighted by molar-refractivity contribution is 14.0. The van der Waals surface area contributed by atoms with Gasteiger partial charge in [0.2, 0.25) is 0 Å². The van der Waals surface area contributed by atoms with Crippen LogP contribution in [0.25, 0.3) is 0 Å². The molecule has 142 valence electrons. The molecule has 0 amide bonds. The quantitative estimate of drug-likeness (QED) is 0.264. The lowest BCUT2D eigenvalue weighted by Gasteiger charge is -2.34. The van der Waals surface area contributed by atoms with E-state index in [4.69, 9.17) is 10.5 Å². The van der Waals surface area contributed by atoms with Crippen LogP contribution >= 0.6 is 24.0 Å². The molecule has 2 aliphatic rings. The van der Waals surface area contributed by atoms with Gasteiger partial charge in [-0.15, -0.1) is 24.0 Å². The molecule has 6 nitrogen and oxygen atoms in total. The summed E-state index contributed by atoms with van der Waals surface area (Å²) >= 11 is 0. The highest BCUT2D eigenvalue weighted by atomic mass is 127. The average molecular weight is 453 g/mol. The first-order valence-corrected chi connectivity index (χ1v) is 9.23. The molecular weight excluding hydrogens is 417 g/mol. The number of piperidine rings is 1. The first-order chi connectivity index (χ1) is 11.1. The van der Waals surface area contributed by atoms with Crippen LogP contribution in [0, 0.1) is 5.92 Å². The van der Waals surface area contributed by atoms with Gasteiger partial charge in [0.05, 0.1) is 13.2 Å². The molecule has 2 rings (SSSR count). The van der Waals surface area contributed by atoms with Gasteiger partial charge in [-0.1, -0.05) is 0 Å². The SMILES string of the molecule is CC(C)N1CCCC(CN=C(N)NCCCN2CCOCC2)C1.I. The minimum absolute atomic E-state index is 0. The second-order valence-electron chi connectivity index (χ2n) is 7.06. The molecule has 0 aliphatic carbocycles. The van der Waals surface area contributed by atoms with Crippen molar-refractivity contribution in [2.75, 3.05) is 59.0 Å². The Kier molecular flexibility index (Phi) is 11.2. The Morgan fingerprint density at radius 3 is 2.75 bits per heavy atom. The minimum Gasteiger partial charge on any atom is -0.379 e. The molecule has 3 N–H and O–H groups in total. The van der Waals surface area contributed by atoms with E-state index in [-0.39, 0.29) is 24.0 Å². The maximum absolute atomic E-state index is 6.00. The fraction of sp³-hybridized carbons (Fsp3) is 0.941. The summed E-state index contributed by atoms with van der Waals surface area (Å²) in [5.74, 6) is 1.26. The summed E-state index contributed by atoms with van der Waals surface area (Å²) in [6.07, 6.45) is 3.66. The van der Waals surface area contributed by atoms with Gasteiger partial charge in [-0.05, 0) is 52.1 Å². The van der Waals surface area contributed by atoms with Gasteiger partial charge in [-0.2, -0.15) is 0 Å². The van der Waals surface area contributed by atoms with E-state index >= 15 is 0 Å². The third kappa shape index (κ3) is 8.31. The van der Waals surface area contributed by atoms with E-state index < -0.39 is 0 Å². The van der Waals surface area contributed by atoms with Gasteiger partial charge >= 0.3 is 0 Å². The number of ether oxygens (including phenoxy) is 1. The van der Waals surface area contributed by atoms with Crippen molar-refractivity contribution >= 4 is 29.9 Å². The van der Waals surface area contributed by atoms with Gasteiger partial charge in [0.25, 0.3) is 0 Å². The Morgan fingerprint density at radius 2 is 2.04 bits per heavy atom. The summed E-state index contributed by atoms with van der Waals surface area (Å²) in [4.78, 5) is 9.55. The predicted octanol–water partition coefficient (Wildman–Crippen LogP) is 1.35. The largest absolute Gasteiger partial charge is 0.379 e. The summed E-state index contributed by atoms with van der Waals surface area (Å²) in [7, 11) is 0. The summed E-state index contributed by atoms with van der Waals surface area (Å²) in [5, 5.41) is 3.25. The Bertz CT molecular complexity index is 361. The molecule has 2 aliphatic heterocycles. The normalized spacial score (nSPS) is 24.0. The molecule has 0 spiro atoms. The standard InChI is InChI=1S/C17H35N5O.HI/c1-15(2)22-8-3-5-16(14-22)13-20-17(18)19-6-4-7-21-9-11-23-12-10-21;/h15-16H,3-14H2,1-2H3,(H3,18,19,20);1H. The monoisotopic (exact) mass is 453 g/mol. The number of nitrogens with zero attached hydrogens (tertiary/aromatic N) is 3. The third-order valence-electron chi connectivity index (χ3n) is 4.86. The van der Waals surface area contributed by atoms with Crippen molar-refractivity contribution in [2.45, 2.75) is 39.2 Å². The Labute approximate surface area is 164 Å². The van der Waals surface area contributed by atoms with Gasteiger partial charge in [-0.3, -0.25) is 9.89 Å². The van der Waals surface area contributed by atoms with Crippen LogP contribution in [0.2, 0.25) is 0 Å². The summed E-state index contributed by atoms with van der Waals surface area (Å²) in [6, 6.07) is 0.637.